The number of primary amides is 1. The number of amides is 1. The van der Waals surface area contributed by atoms with E-state index in [9.17, 15) is 4.79 Å². The Morgan fingerprint density at radius 3 is 2.84 bits per heavy atom. The number of benzene rings is 1. The van der Waals surface area contributed by atoms with E-state index < -0.39 is 11.4 Å². The van der Waals surface area contributed by atoms with E-state index in [2.05, 4.69) is 10.3 Å². The van der Waals surface area contributed by atoms with Crippen molar-refractivity contribution in [3.8, 4) is 5.75 Å². The number of ether oxygens (including phenoxy) is 1. The normalized spacial score (nSPS) is 14.0. The van der Waals surface area contributed by atoms with Crippen LogP contribution in [-0.4, -0.2) is 30.1 Å². The Hall–Kier alpha value is -2.14. The largest absolute Gasteiger partial charge is 0.489 e. The van der Waals surface area contributed by atoms with E-state index in [0.29, 0.717) is 5.75 Å². The number of carbonyl (C=O) groups excluding carboxylic acids is 1. The van der Waals surface area contributed by atoms with Gasteiger partial charge in [-0.15, -0.1) is 0 Å². The fourth-order valence-corrected chi connectivity index (χ4v) is 1.68. The van der Waals surface area contributed by atoms with Crippen molar-refractivity contribution in [3.05, 3.63) is 36.5 Å². The number of nitrogens with zero attached hydrogens (tertiary/aromatic N) is 1. The molecule has 0 aliphatic carbocycles. The first-order valence-electron chi connectivity index (χ1n) is 6.02. The Labute approximate surface area is 111 Å². The third-order valence-corrected chi connectivity index (χ3v) is 3.21. The first-order valence-corrected chi connectivity index (χ1v) is 6.02. The van der Waals surface area contributed by atoms with Gasteiger partial charge in [-0.1, -0.05) is 18.2 Å². The number of nitrogens with two attached hydrogens (primary N) is 1. The fourth-order valence-electron chi connectivity index (χ4n) is 1.68. The lowest BCUT2D eigenvalue weighted by Crippen LogP contribution is -2.55. The molecule has 2 aromatic rings. The Balaban J connectivity index is 2.25. The molecule has 0 aliphatic rings. The molecule has 0 aliphatic heterocycles. The Morgan fingerprint density at radius 1 is 1.42 bits per heavy atom. The van der Waals surface area contributed by atoms with Gasteiger partial charge in [0, 0.05) is 11.6 Å². The van der Waals surface area contributed by atoms with E-state index in [-0.39, 0.29) is 6.61 Å². The predicted octanol–water partition coefficient (Wildman–Crippen LogP) is 1.08. The maximum Gasteiger partial charge on any atom is 0.240 e. The van der Waals surface area contributed by atoms with Crippen LogP contribution in [0.5, 0.6) is 5.75 Å². The molecule has 1 atom stereocenters. The van der Waals surface area contributed by atoms with E-state index in [1.165, 1.54) is 0 Å². The Morgan fingerprint density at radius 2 is 2.16 bits per heavy atom. The van der Waals surface area contributed by atoms with Crippen LogP contribution in [0.4, 0.5) is 0 Å². The monoisotopic (exact) mass is 259 g/mol. The number of para-hydroxylation sites is 1. The molecule has 0 saturated heterocycles. The summed E-state index contributed by atoms with van der Waals surface area (Å²) < 4.78 is 5.71. The molecule has 5 heteroatoms. The van der Waals surface area contributed by atoms with Gasteiger partial charge >= 0.3 is 0 Å². The Kier molecular flexibility index (Phi) is 3.66. The highest BCUT2D eigenvalue weighted by atomic mass is 16.5. The second-order valence-electron chi connectivity index (χ2n) is 4.57. The number of nitrogens with one attached hydrogen (secondary N) is 1. The van der Waals surface area contributed by atoms with Crippen molar-refractivity contribution in [2.24, 2.45) is 5.73 Å². The second-order valence-corrected chi connectivity index (χ2v) is 4.57. The number of pyridine rings is 1. The molecule has 1 amide bonds. The summed E-state index contributed by atoms with van der Waals surface area (Å²) in [6.45, 7) is 1.85. The minimum atomic E-state index is -0.906. The minimum Gasteiger partial charge on any atom is -0.489 e. The van der Waals surface area contributed by atoms with E-state index in [0.717, 1.165) is 10.9 Å². The lowest BCUT2D eigenvalue weighted by atomic mass is 10.0. The van der Waals surface area contributed by atoms with Crippen LogP contribution in [0, 0.1) is 0 Å². The van der Waals surface area contributed by atoms with E-state index >= 15 is 0 Å². The molecule has 0 saturated carbocycles. The van der Waals surface area contributed by atoms with Gasteiger partial charge in [-0.25, -0.2) is 0 Å². The number of carbonyl (C=O) groups is 1. The standard InChI is InChI=1S/C14H17N3O2/c1-14(16-2,13(15)18)9-19-11-7-3-5-10-6-4-8-17-12(10)11/h3-8,16H,9H2,1-2H3,(H2,15,18). The van der Waals surface area contributed by atoms with Crippen LogP contribution in [0.25, 0.3) is 10.9 Å². The third-order valence-electron chi connectivity index (χ3n) is 3.21. The van der Waals surface area contributed by atoms with Crippen LogP contribution in [0.2, 0.25) is 0 Å². The summed E-state index contributed by atoms with van der Waals surface area (Å²) in [5.41, 5.74) is 5.23. The lowest BCUT2D eigenvalue weighted by Gasteiger charge is -2.25. The zero-order valence-corrected chi connectivity index (χ0v) is 11.0. The fraction of sp³-hybridized carbons (Fsp3) is 0.286. The number of aromatic nitrogens is 1. The zero-order valence-electron chi connectivity index (χ0n) is 11.0. The molecule has 19 heavy (non-hydrogen) atoms. The van der Waals surface area contributed by atoms with Gasteiger partial charge in [-0.2, -0.15) is 0 Å². The molecule has 0 fully saturated rings. The van der Waals surface area contributed by atoms with Gasteiger partial charge in [0.2, 0.25) is 5.91 Å². The molecule has 5 nitrogen and oxygen atoms in total. The van der Waals surface area contributed by atoms with Crippen molar-refractivity contribution < 1.29 is 9.53 Å². The van der Waals surface area contributed by atoms with Gasteiger partial charge in [0.05, 0.1) is 0 Å². The SMILES string of the molecule is CNC(C)(COc1cccc2cccnc12)C(N)=O. The summed E-state index contributed by atoms with van der Waals surface area (Å²) >= 11 is 0. The summed E-state index contributed by atoms with van der Waals surface area (Å²) in [6, 6.07) is 9.50. The van der Waals surface area contributed by atoms with E-state index in [1.54, 1.807) is 20.2 Å². The quantitative estimate of drug-likeness (QED) is 0.842. The van der Waals surface area contributed by atoms with Crippen molar-refractivity contribution in [2.45, 2.75) is 12.5 Å². The van der Waals surface area contributed by atoms with Crippen LogP contribution < -0.4 is 15.8 Å². The molecule has 1 aromatic carbocycles. The first-order chi connectivity index (χ1) is 9.07. The van der Waals surface area contributed by atoms with Gasteiger partial charge in [0.25, 0.3) is 0 Å². The molecule has 0 spiro atoms. The average molecular weight is 259 g/mol. The first kappa shape index (κ1) is 13.3. The van der Waals surface area contributed by atoms with Crippen molar-refractivity contribution >= 4 is 16.8 Å². The molecule has 100 valence electrons. The van der Waals surface area contributed by atoms with Crippen LogP contribution in [-0.2, 0) is 4.79 Å². The topological polar surface area (TPSA) is 77.2 Å². The average Bonchev–Trinajstić information content (AvgIpc) is 2.44. The van der Waals surface area contributed by atoms with Crippen molar-refractivity contribution in [1.82, 2.24) is 10.3 Å². The molecular weight excluding hydrogens is 242 g/mol. The summed E-state index contributed by atoms with van der Waals surface area (Å²) in [6.07, 6.45) is 1.71. The number of hydrogen-bond donors (Lipinski definition) is 2. The molecule has 1 unspecified atom stereocenters. The molecule has 1 heterocycles. The molecule has 0 bridgehead atoms. The highest BCUT2D eigenvalue weighted by Crippen LogP contribution is 2.23. The maximum atomic E-state index is 11.4. The van der Waals surface area contributed by atoms with Gasteiger partial charge in [0.15, 0.2) is 0 Å². The number of fused-ring (bicyclic) bond motifs is 1. The summed E-state index contributed by atoms with van der Waals surface area (Å²) in [7, 11) is 1.68. The summed E-state index contributed by atoms with van der Waals surface area (Å²) in [5.74, 6) is 0.184. The summed E-state index contributed by atoms with van der Waals surface area (Å²) in [4.78, 5) is 15.7. The van der Waals surface area contributed by atoms with Crippen LogP contribution in [0.1, 0.15) is 6.92 Å². The van der Waals surface area contributed by atoms with E-state index in [1.807, 2.05) is 30.3 Å². The molecule has 2 rings (SSSR count). The number of hydrogen-bond acceptors (Lipinski definition) is 4. The van der Waals surface area contributed by atoms with Crippen LogP contribution in [0.3, 0.4) is 0 Å². The molecule has 3 N–H and O–H groups in total. The van der Waals surface area contributed by atoms with Crippen molar-refractivity contribution in [1.29, 1.82) is 0 Å². The third kappa shape index (κ3) is 2.66. The number of rotatable bonds is 5. The van der Waals surface area contributed by atoms with E-state index in [4.69, 9.17) is 10.5 Å². The van der Waals surface area contributed by atoms with Crippen molar-refractivity contribution in [2.75, 3.05) is 13.7 Å². The Bertz CT molecular complexity index is 595. The van der Waals surface area contributed by atoms with Crippen molar-refractivity contribution in [3.63, 3.8) is 0 Å². The lowest BCUT2D eigenvalue weighted by molar-refractivity contribution is -0.124. The number of likely N-dealkylation sites (N-methyl/N-ethyl adjacent to an activating group) is 1. The van der Waals surface area contributed by atoms with Gasteiger partial charge in [-0.05, 0) is 26.1 Å². The minimum absolute atomic E-state index is 0.147. The molecule has 1 aromatic heterocycles. The van der Waals surface area contributed by atoms with Gasteiger partial charge < -0.3 is 15.8 Å². The molecule has 0 radical (unpaired) electrons. The predicted molar refractivity (Wildman–Crippen MR) is 73.9 cm³/mol. The second kappa shape index (κ2) is 5.24. The molecular formula is C14H17N3O2. The highest BCUT2D eigenvalue weighted by molar-refractivity contribution is 5.85. The van der Waals surface area contributed by atoms with Gasteiger partial charge in [0.1, 0.15) is 23.4 Å². The zero-order chi connectivity index (χ0) is 13.9. The summed E-state index contributed by atoms with van der Waals surface area (Å²) in [5, 5.41) is 3.87. The van der Waals surface area contributed by atoms with Crippen LogP contribution in [0.15, 0.2) is 36.5 Å². The highest BCUT2D eigenvalue weighted by Gasteiger charge is 2.30. The smallest absolute Gasteiger partial charge is 0.240 e. The maximum absolute atomic E-state index is 11.4. The van der Waals surface area contributed by atoms with Crippen LogP contribution >= 0.6 is 0 Å². The van der Waals surface area contributed by atoms with Gasteiger partial charge in [-0.3, -0.25) is 9.78 Å².